The van der Waals surface area contributed by atoms with Crippen LogP contribution in [0, 0.1) is 0 Å². The Labute approximate surface area is 101 Å². The van der Waals surface area contributed by atoms with Crippen molar-refractivity contribution in [3.05, 3.63) is 11.9 Å². The lowest BCUT2D eigenvalue weighted by atomic mass is 9.89. The number of carbonyl (C=O) groups is 1. The zero-order chi connectivity index (χ0) is 11.7. The second-order valence-electron chi connectivity index (χ2n) is 5.12. The van der Waals surface area contributed by atoms with Crippen LogP contribution in [0.1, 0.15) is 48.6 Å². The van der Waals surface area contributed by atoms with E-state index < -0.39 is 0 Å². The molecule has 0 amide bonds. The molecule has 0 unspecified atom stereocenters. The van der Waals surface area contributed by atoms with Gasteiger partial charge in [-0.15, -0.1) is 5.10 Å². The minimum atomic E-state index is 0.394. The summed E-state index contributed by atoms with van der Waals surface area (Å²) in [5.41, 5.74) is 0.436. The van der Waals surface area contributed by atoms with Crippen molar-refractivity contribution >= 4 is 6.29 Å². The largest absolute Gasteiger partial charge is 0.298 e. The van der Waals surface area contributed by atoms with E-state index >= 15 is 0 Å². The number of rotatable bonds is 3. The Balaban J connectivity index is 1.67. The van der Waals surface area contributed by atoms with Crippen molar-refractivity contribution in [2.24, 2.45) is 0 Å². The van der Waals surface area contributed by atoms with Crippen LogP contribution in [-0.2, 0) is 0 Å². The van der Waals surface area contributed by atoms with Gasteiger partial charge in [0, 0.05) is 12.6 Å². The van der Waals surface area contributed by atoms with Crippen molar-refractivity contribution < 1.29 is 4.79 Å². The molecule has 1 saturated carbocycles. The zero-order valence-electron chi connectivity index (χ0n) is 9.96. The van der Waals surface area contributed by atoms with E-state index in [4.69, 9.17) is 0 Å². The lowest BCUT2D eigenvalue weighted by molar-refractivity contribution is 0.0760. The molecule has 0 aromatic carbocycles. The highest BCUT2D eigenvalue weighted by atomic mass is 16.1. The van der Waals surface area contributed by atoms with Crippen molar-refractivity contribution in [2.45, 2.75) is 44.2 Å². The van der Waals surface area contributed by atoms with E-state index in [1.54, 1.807) is 6.20 Å². The van der Waals surface area contributed by atoms with Gasteiger partial charge in [-0.1, -0.05) is 11.6 Å². The highest BCUT2D eigenvalue weighted by molar-refractivity contribution is 5.70. The first-order valence-corrected chi connectivity index (χ1v) is 6.48. The summed E-state index contributed by atoms with van der Waals surface area (Å²) in [6.07, 6.45) is 8.97. The molecular weight excluding hydrogens is 216 g/mol. The predicted molar refractivity (Wildman–Crippen MR) is 62.9 cm³/mol. The van der Waals surface area contributed by atoms with Crippen molar-refractivity contribution in [1.29, 1.82) is 0 Å². The molecule has 17 heavy (non-hydrogen) atoms. The molecule has 0 radical (unpaired) electrons. The van der Waals surface area contributed by atoms with Gasteiger partial charge in [0.15, 0.2) is 6.29 Å². The molecule has 3 rings (SSSR count). The Morgan fingerprint density at radius 3 is 2.71 bits per heavy atom. The zero-order valence-corrected chi connectivity index (χ0v) is 9.96. The molecular formula is C12H18N4O. The third kappa shape index (κ3) is 2.11. The van der Waals surface area contributed by atoms with E-state index in [1.165, 1.54) is 32.2 Å². The Morgan fingerprint density at radius 1 is 1.24 bits per heavy atom. The van der Waals surface area contributed by atoms with E-state index in [-0.39, 0.29) is 0 Å². The van der Waals surface area contributed by atoms with Gasteiger partial charge in [-0.05, 0) is 32.2 Å². The van der Waals surface area contributed by atoms with Crippen LogP contribution in [0.2, 0.25) is 0 Å². The number of piperidine rings is 1. The number of aldehydes is 1. The van der Waals surface area contributed by atoms with Gasteiger partial charge in [0.25, 0.3) is 0 Å². The Bertz CT molecular complexity index is 399. The number of aromatic nitrogens is 3. The van der Waals surface area contributed by atoms with Crippen molar-refractivity contribution in [3.63, 3.8) is 0 Å². The molecule has 1 aliphatic heterocycles. The van der Waals surface area contributed by atoms with E-state index in [9.17, 15) is 4.79 Å². The SMILES string of the molecule is O=Cc1cn([C@H]2CCCN(C3CCC3)C2)nn1. The van der Waals surface area contributed by atoms with Crippen LogP contribution in [-0.4, -0.2) is 45.3 Å². The van der Waals surface area contributed by atoms with Crippen LogP contribution in [0.3, 0.4) is 0 Å². The summed E-state index contributed by atoms with van der Waals surface area (Å²) in [5.74, 6) is 0. The first kappa shape index (κ1) is 10.9. The van der Waals surface area contributed by atoms with Crippen molar-refractivity contribution in [3.8, 4) is 0 Å². The normalized spacial score (nSPS) is 26.7. The van der Waals surface area contributed by atoms with E-state index in [0.717, 1.165) is 25.3 Å². The fraction of sp³-hybridized carbons (Fsp3) is 0.750. The smallest absolute Gasteiger partial charge is 0.171 e. The molecule has 92 valence electrons. The molecule has 0 bridgehead atoms. The molecule has 1 aliphatic carbocycles. The first-order valence-electron chi connectivity index (χ1n) is 6.48. The van der Waals surface area contributed by atoms with Crippen LogP contribution in [0.25, 0.3) is 0 Å². The van der Waals surface area contributed by atoms with E-state index in [2.05, 4.69) is 15.2 Å². The van der Waals surface area contributed by atoms with Gasteiger partial charge in [0.1, 0.15) is 5.69 Å². The topological polar surface area (TPSA) is 51.0 Å². The summed E-state index contributed by atoms with van der Waals surface area (Å²) in [4.78, 5) is 13.2. The Kier molecular flexibility index (Phi) is 2.93. The molecule has 5 heteroatoms. The molecule has 0 N–H and O–H groups in total. The monoisotopic (exact) mass is 234 g/mol. The molecule has 0 spiro atoms. The minimum Gasteiger partial charge on any atom is -0.298 e. The molecule has 2 aliphatic rings. The van der Waals surface area contributed by atoms with Gasteiger partial charge in [0.2, 0.25) is 0 Å². The molecule has 1 aromatic rings. The molecule has 1 atom stereocenters. The second kappa shape index (κ2) is 4.56. The van der Waals surface area contributed by atoms with Gasteiger partial charge in [-0.3, -0.25) is 9.69 Å². The molecule has 2 heterocycles. The fourth-order valence-corrected chi connectivity index (χ4v) is 2.81. The highest BCUT2D eigenvalue weighted by Gasteiger charge is 2.30. The maximum Gasteiger partial charge on any atom is 0.171 e. The standard InChI is InChI=1S/C12H18N4O/c17-9-10-7-16(14-13-10)12-5-2-6-15(8-12)11-3-1-4-11/h7,9,11-12H,1-6,8H2/t12-/m0/s1. The van der Waals surface area contributed by atoms with Crippen LogP contribution >= 0.6 is 0 Å². The quantitative estimate of drug-likeness (QED) is 0.739. The second-order valence-corrected chi connectivity index (χ2v) is 5.12. The van der Waals surface area contributed by atoms with Crippen molar-refractivity contribution in [2.75, 3.05) is 13.1 Å². The fourth-order valence-electron chi connectivity index (χ4n) is 2.81. The Morgan fingerprint density at radius 2 is 2.06 bits per heavy atom. The predicted octanol–water partition coefficient (Wildman–Crippen LogP) is 1.28. The van der Waals surface area contributed by atoms with Gasteiger partial charge < -0.3 is 0 Å². The molecule has 1 aromatic heterocycles. The number of likely N-dealkylation sites (tertiary alicyclic amines) is 1. The lowest BCUT2D eigenvalue weighted by Gasteiger charge is -2.42. The van der Waals surface area contributed by atoms with Crippen LogP contribution in [0.5, 0.6) is 0 Å². The summed E-state index contributed by atoms with van der Waals surface area (Å²) in [6.45, 7) is 2.28. The van der Waals surface area contributed by atoms with Gasteiger partial charge in [0.05, 0.1) is 12.2 Å². The number of nitrogens with zero attached hydrogens (tertiary/aromatic N) is 4. The van der Waals surface area contributed by atoms with E-state index in [1.807, 2.05) is 4.68 Å². The number of carbonyl (C=O) groups excluding carboxylic acids is 1. The third-order valence-corrected chi connectivity index (χ3v) is 4.04. The number of hydrogen-bond donors (Lipinski definition) is 0. The summed E-state index contributed by atoms with van der Waals surface area (Å²) in [7, 11) is 0. The summed E-state index contributed by atoms with van der Waals surface area (Å²) < 4.78 is 1.87. The summed E-state index contributed by atoms with van der Waals surface area (Å²) in [5, 5.41) is 7.90. The van der Waals surface area contributed by atoms with Gasteiger partial charge in [-0.2, -0.15) is 0 Å². The average molecular weight is 234 g/mol. The van der Waals surface area contributed by atoms with Gasteiger partial charge in [-0.25, -0.2) is 4.68 Å². The third-order valence-electron chi connectivity index (χ3n) is 4.04. The molecule has 5 nitrogen and oxygen atoms in total. The van der Waals surface area contributed by atoms with Crippen LogP contribution in [0.4, 0.5) is 0 Å². The maximum absolute atomic E-state index is 10.6. The van der Waals surface area contributed by atoms with Crippen molar-refractivity contribution in [1.82, 2.24) is 19.9 Å². The summed E-state index contributed by atoms with van der Waals surface area (Å²) in [6, 6.07) is 1.19. The molecule has 2 fully saturated rings. The average Bonchev–Trinajstić information content (AvgIpc) is 2.75. The number of hydrogen-bond acceptors (Lipinski definition) is 4. The van der Waals surface area contributed by atoms with Gasteiger partial charge >= 0.3 is 0 Å². The molecule has 1 saturated heterocycles. The highest BCUT2D eigenvalue weighted by Crippen LogP contribution is 2.30. The minimum absolute atomic E-state index is 0.394. The maximum atomic E-state index is 10.6. The summed E-state index contributed by atoms with van der Waals surface area (Å²) >= 11 is 0. The first-order chi connectivity index (χ1) is 8.36. The van der Waals surface area contributed by atoms with Crippen LogP contribution in [0.15, 0.2) is 6.20 Å². The van der Waals surface area contributed by atoms with Crippen LogP contribution < -0.4 is 0 Å². The lowest BCUT2D eigenvalue weighted by Crippen LogP contribution is -2.46. The van der Waals surface area contributed by atoms with E-state index in [0.29, 0.717) is 11.7 Å². The Hall–Kier alpha value is -1.23.